The van der Waals surface area contributed by atoms with Crippen molar-refractivity contribution < 1.29 is 4.79 Å². The van der Waals surface area contributed by atoms with E-state index < -0.39 is 0 Å². The lowest BCUT2D eigenvalue weighted by atomic mass is 10.1. The van der Waals surface area contributed by atoms with Crippen molar-refractivity contribution in [1.29, 1.82) is 0 Å². The number of aromatic nitrogens is 2. The summed E-state index contributed by atoms with van der Waals surface area (Å²) in [5, 5.41) is 9.06. The van der Waals surface area contributed by atoms with Gasteiger partial charge in [0.15, 0.2) is 0 Å². The van der Waals surface area contributed by atoms with Crippen LogP contribution in [-0.2, 0) is 0 Å². The Labute approximate surface area is 182 Å². The van der Waals surface area contributed by atoms with Gasteiger partial charge in [-0.2, -0.15) is 0 Å². The van der Waals surface area contributed by atoms with Crippen LogP contribution in [0.25, 0.3) is 0 Å². The zero-order chi connectivity index (χ0) is 21.8. The predicted octanol–water partition coefficient (Wildman–Crippen LogP) is 5.39. The summed E-state index contributed by atoms with van der Waals surface area (Å²) in [5.74, 6) is 2.48. The molecule has 2 aromatic carbocycles. The Morgan fingerprint density at radius 1 is 0.806 bits per heavy atom. The molecule has 160 valence electrons. The third-order valence-electron chi connectivity index (χ3n) is 5.43. The van der Waals surface area contributed by atoms with E-state index in [2.05, 4.69) is 30.8 Å². The fourth-order valence-electron chi connectivity index (χ4n) is 3.62. The molecule has 2 amide bonds. The predicted molar refractivity (Wildman–Crippen MR) is 126 cm³/mol. The van der Waals surface area contributed by atoms with E-state index in [0.717, 1.165) is 47.5 Å². The van der Waals surface area contributed by atoms with E-state index in [0.29, 0.717) is 5.69 Å². The lowest BCUT2D eigenvalue weighted by Gasteiger charge is -2.18. The van der Waals surface area contributed by atoms with E-state index in [-0.39, 0.29) is 6.03 Å². The van der Waals surface area contributed by atoms with Crippen LogP contribution in [0.5, 0.6) is 0 Å². The second-order valence-corrected chi connectivity index (χ2v) is 7.93. The van der Waals surface area contributed by atoms with Gasteiger partial charge in [-0.3, -0.25) is 0 Å². The molecule has 0 radical (unpaired) electrons. The molecule has 0 aliphatic carbocycles. The van der Waals surface area contributed by atoms with Crippen molar-refractivity contribution in [2.45, 2.75) is 33.6 Å². The molecular formula is C24H28N6O. The highest BCUT2D eigenvalue weighted by atomic mass is 16.2. The summed E-state index contributed by atoms with van der Waals surface area (Å²) in [4.78, 5) is 23.7. The van der Waals surface area contributed by atoms with Gasteiger partial charge in [-0.1, -0.05) is 6.07 Å². The van der Waals surface area contributed by atoms with E-state index >= 15 is 0 Å². The van der Waals surface area contributed by atoms with Crippen molar-refractivity contribution in [3.63, 3.8) is 0 Å². The first-order valence-corrected chi connectivity index (χ1v) is 10.6. The number of aryl methyl sites for hydroxylation is 3. The number of benzene rings is 2. The van der Waals surface area contributed by atoms with Crippen molar-refractivity contribution in [2.24, 2.45) is 0 Å². The van der Waals surface area contributed by atoms with Gasteiger partial charge in [0.25, 0.3) is 0 Å². The highest BCUT2D eigenvalue weighted by Gasteiger charge is 2.15. The van der Waals surface area contributed by atoms with Crippen LogP contribution in [0.4, 0.5) is 33.5 Å². The van der Waals surface area contributed by atoms with Crippen molar-refractivity contribution in [3.05, 3.63) is 65.5 Å². The summed E-state index contributed by atoms with van der Waals surface area (Å²) < 4.78 is 0. The van der Waals surface area contributed by atoms with Crippen LogP contribution >= 0.6 is 0 Å². The van der Waals surface area contributed by atoms with Crippen LogP contribution in [0.1, 0.15) is 29.8 Å². The number of hydrogen-bond donors (Lipinski definition) is 3. The van der Waals surface area contributed by atoms with Crippen molar-refractivity contribution in [3.8, 4) is 0 Å². The van der Waals surface area contributed by atoms with Crippen molar-refractivity contribution in [1.82, 2.24) is 9.97 Å². The fraction of sp³-hybridized carbons (Fsp3) is 0.292. The number of nitrogens with zero attached hydrogens (tertiary/aromatic N) is 3. The van der Waals surface area contributed by atoms with E-state index in [1.807, 2.05) is 69.3 Å². The molecule has 2 heterocycles. The maximum absolute atomic E-state index is 12.3. The third kappa shape index (κ3) is 5.31. The van der Waals surface area contributed by atoms with Gasteiger partial charge in [0.05, 0.1) is 0 Å². The number of carbonyl (C=O) groups is 1. The fourth-order valence-corrected chi connectivity index (χ4v) is 3.62. The first kappa shape index (κ1) is 20.7. The highest BCUT2D eigenvalue weighted by molar-refractivity contribution is 5.99. The summed E-state index contributed by atoms with van der Waals surface area (Å²) in [6.07, 6.45) is 2.41. The largest absolute Gasteiger partial charge is 0.356 e. The zero-order valence-corrected chi connectivity index (χ0v) is 18.2. The summed E-state index contributed by atoms with van der Waals surface area (Å²) in [6.45, 7) is 8.06. The van der Waals surface area contributed by atoms with Crippen LogP contribution in [0.3, 0.4) is 0 Å². The normalized spacial score (nSPS) is 13.2. The molecule has 1 aromatic heterocycles. The molecule has 31 heavy (non-hydrogen) atoms. The van der Waals surface area contributed by atoms with Crippen LogP contribution in [-0.4, -0.2) is 29.1 Å². The lowest BCUT2D eigenvalue weighted by Crippen LogP contribution is -2.20. The number of anilines is 5. The van der Waals surface area contributed by atoms with Crippen molar-refractivity contribution in [2.75, 3.05) is 33.9 Å². The molecule has 3 aromatic rings. The van der Waals surface area contributed by atoms with Crippen molar-refractivity contribution >= 4 is 34.7 Å². The number of hydrogen-bond acceptors (Lipinski definition) is 5. The molecule has 4 rings (SSSR count). The first-order chi connectivity index (χ1) is 15.0. The third-order valence-corrected chi connectivity index (χ3v) is 5.43. The Balaban J connectivity index is 1.38. The summed E-state index contributed by atoms with van der Waals surface area (Å²) >= 11 is 0. The topological polar surface area (TPSA) is 82.2 Å². The van der Waals surface area contributed by atoms with Gasteiger partial charge in [-0.05, 0) is 81.1 Å². The standard InChI is InChI=1S/C24H28N6O/c1-16-6-7-21(14-17(16)2)29-24(31)28-20-10-8-19(9-11-20)27-22-15-23(26-18(3)25-22)30-12-4-5-13-30/h6-11,14-15H,4-5,12-13H2,1-3H3,(H,25,26,27)(H2,28,29,31). The van der Waals surface area contributed by atoms with Gasteiger partial charge < -0.3 is 20.9 Å². The quantitative estimate of drug-likeness (QED) is 0.519. The van der Waals surface area contributed by atoms with E-state index in [1.165, 1.54) is 18.4 Å². The Morgan fingerprint density at radius 2 is 1.45 bits per heavy atom. The van der Waals surface area contributed by atoms with Gasteiger partial charge in [0.1, 0.15) is 17.5 Å². The zero-order valence-electron chi connectivity index (χ0n) is 18.2. The second kappa shape index (κ2) is 9.04. The van der Waals surface area contributed by atoms with Gasteiger partial charge in [0.2, 0.25) is 0 Å². The Bertz CT molecular complexity index is 1070. The summed E-state index contributed by atoms with van der Waals surface area (Å²) in [5.41, 5.74) is 4.71. The summed E-state index contributed by atoms with van der Waals surface area (Å²) in [7, 11) is 0. The number of rotatable bonds is 5. The molecule has 1 aliphatic rings. The highest BCUT2D eigenvalue weighted by Crippen LogP contribution is 2.23. The molecule has 0 atom stereocenters. The number of amides is 2. The van der Waals surface area contributed by atoms with Gasteiger partial charge in [-0.15, -0.1) is 0 Å². The maximum atomic E-state index is 12.3. The molecule has 3 N–H and O–H groups in total. The maximum Gasteiger partial charge on any atom is 0.323 e. The average molecular weight is 417 g/mol. The number of nitrogens with one attached hydrogen (secondary N) is 3. The Kier molecular flexibility index (Phi) is 6.02. The average Bonchev–Trinajstić information content (AvgIpc) is 3.27. The molecule has 0 spiro atoms. The molecule has 0 bridgehead atoms. The van der Waals surface area contributed by atoms with Crippen LogP contribution in [0.15, 0.2) is 48.5 Å². The minimum atomic E-state index is -0.273. The smallest absolute Gasteiger partial charge is 0.323 e. The van der Waals surface area contributed by atoms with Gasteiger partial charge >= 0.3 is 6.03 Å². The Hall–Kier alpha value is -3.61. The summed E-state index contributed by atoms with van der Waals surface area (Å²) in [6, 6.07) is 15.1. The minimum Gasteiger partial charge on any atom is -0.356 e. The molecule has 0 saturated carbocycles. The Morgan fingerprint density at radius 3 is 2.16 bits per heavy atom. The second-order valence-electron chi connectivity index (χ2n) is 7.93. The molecule has 1 fully saturated rings. The minimum absolute atomic E-state index is 0.273. The van der Waals surface area contributed by atoms with Gasteiger partial charge in [0, 0.05) is 36.2 Å². The number of carbonyl (C=O) groups excluding carboxylic acids is 1. The molecule has 1 aliphatic heterocycles. The van der Waals surface area contributed by atoms with E-state index in [4.69, 9.17) is 0 Å². The molecular weight excluding hydrogens is 388 g/mol. The number of urea groups is 1. The SMILES string of the molecule is Cc1nc(Nc2ccc(NC(=O)Nc3ccc(C)c(C)c3)cc2)cc(N2CCCC2)n1. The molecule has 7 nitrogen and oxygen atoms in total. The molecule has 1 saturated heterocycles. The van der Waals surface area contributed by atoms with Crippen LogP contribution in [0.2, 0.25) is 0 Å². The molecule has 0 unspecified atom stereocenters. The van der Waals surface area contributed by atoms with E-state index in [9.17, 15) is 4.79 Å². The first-order valence-electron chi connectivity index (χ1n) is 10.6. The van der Waals surface area contributed by atoms with Crippen LogP contribution in [0, 0.1) is 20.8 Å². The lowest BCUT2D eigenvalue weighted by molar-refractivity contribution is 0.262. The monoisotopic (exact) mass is 416 g/mol. The van der Waals surface area contributed by atoms with E-state index in [1.54, 1.807) is 0 Å². The van der Waals surface area contributed by atoms with Crippen LogP contribution < -0.4 is 20.9 Å². The molecule has 7 heteroatoms. The van der Waals surface area contributed by atoms with Gasteiger partial charge in [-0.25, -0.2) is 14.8 Å².